The molecule has 1 saturated carbocycles. The highest BCUT2D eigenvalue weighted by atomic mass is 16.1. The molecule has 3 N–H and O–H groups in total. The molecule has 86 valence electrons. The highest BCUT2D eigenvalue weighted by molar-refractivity contribution is 5.75. The zero-order valence-electron chi connectivity index (χ0n) is 9.37. The van der Waals surface area contributed by atoms with Gasteiger partial charge in [-0.25, -0.2) is 0 Å². The van der Waals surface area contributed by atoms with Gasteiger partial charge in [-0.1, -0.05) is 37.8 Å². The number of carbonyl (C=O) groups excluding carboxylic acids is 1. The lowest BCUT2D eigenvalue weighted by molar-refractivity contribution is -0.121. The third-order valence-corrected chi connectivity index (χ3v) is 2.97. The van der Waals surface area contributed by atoms with Crippen LogP contribution in [0.2, 0.25) is 0 Å². The van der Waals surface area contributed by atoms with Crippen molar-refractivity contribution in [2.45, 2.75) is 38.5 Å². The molecular weight excluding hydrogens is 188 g/mol. The molecule has 0 atom stereocenters. The van der Waals surface area contributed by atoms with Gasteiger partial charge in [-0.3, -0.25) is 4.79 Å². The lowest BCUT2D eigenvalue weighted by Crippen LogP contribution is -2.23. The number of hydrogen-bond donors (Lipinski definition) is 2. The summed E-state index contributed by atoms with van der Waals surface area (Å²) in [6.07, 6.45) is 10.8. The minimum absolute atomic E-state index is 0.170. The van der Waals surface area contributed by atoms with Crippen molar-refractivity contribution in [2.24, 2.45) is 11.7 Å². The van der Waals surface area contributed by atoms with Crippen LogP contribution in [0, 0.1) is 5.92 Å². The maximum atomic E-state index is 11.4. The van der Waals surface area contributed by atoms with E-state index in [9.17, 15) is 4.79 Å². The molecule has 1 aliphatic rings. The molecule has 0 aromatic carbocycles. The Labute approximate surface area is 92.1 Å². The SMILES string of the molecule is NC/C=C/CNC(=O)CCC1CCCC1. The molecule has 0 aliphatic heterocycles. The third kappa shape index (κ3) is 5.57. The Hall–Kier alpha value is -0.830. The fourth-order valence-electron chi connectivity index (χ4n) is 2.07. The molecule has 0 spiro atoms. The summed E-state index contributed by atoms with van der Waals surface area (Å²) in [5, 5.41) is 2.86. The van der Waals surface area contributed by atoms with Gasteiger partial charge in [0, 0.05) is 19.5 Å². The first-order valence-corrected chi connectivity index (χ1v) is 5.94. The van der Waals surface area contributed by atoms with E-state index in [1.54, 1.807) is 0 Å². The summed E-state index contributed by atoms with van der Waals surface area (Å²) in [5.41, 5.74) is 5.29. The van der Waals surface area contributed by atoms with E-state index in [4.69, 9.17) is 5.73 Å². The van der Waals surface area contributed by atoms with Gasteiger partial charge in [0.25, 0.3) is 0 Å². The normalized spacial score (nSPS) is 17.4. The standard InChI is InChI=1S/C12H22N2O/c13-9-3-4-10-14-12(15)8-7-11-5-1-2-6-11/h3-4,11H,1-2,5-10,13H2,(H,14,15)/b4-3+. The van der Waals surface area contributed by atoms with Crippen LogP contribution in [0.4, 0.5) is 0 Å². The van der Waals surface area contributed by atoms with Crippen molar-refractivity contribution in [2.75, 3.05) is 13.1 Å². The highest BCUT2D eigenvalue weighted by Crippen LogP contribution is 2.28. The summed E-state index contributed by atoms with van der Waals surface area (Å²) >= 11 is 0. The van der Waals surface area contributed by atoms with Gasteiger partial charge in [0.15, 0.2) is 0 Å². The lowest BCUT2D eigenvalue weighted by Gasteiger charge is -2.07. The number of hydrogen-bond acceptors (Lipinski definition) is 2. The van der Waals surface area contributed by atoms with Crippen LogP contribution >= 0.6 is 0 Å². The zero-order valence-corrected chi connectivity index (χ0v) is 9.37. The first-order chi connectivity index (χ1) is 7.33. The Morgan fingerprint density at radius 1 is 1.33 bits per heavy atom. The number of amides is 1. The van der Waals surface area contributed by atoms with Gasteiger partial charge < -0.3 is 11.1 Å². The molecule has 15 heavy (non-hydrogen) atoms. The summed E-state index contributed by atoms with van der Waals surface area (Å²) in [6.45, 7) is 1.15. The maximum Gasteiger partial charge on any atom is 0.220 e. The van der Waals surface area contributed by atoms with Crippen molar-refractivity contribution in [1.82, 2.24) is 5.32 Å². The molecule has 0 unspecified atom stereocenters. The van der Waals surface area contributed by atoms with E-state index in [0.717, 1.165) is 12.3 Å². The van der Waals surface area contributed by atoms with Crippen LogP contribution in [-0.2, 0) is 4.79 Å². The van der Waals surface area contributed by atoms with E-state index in [2.05, 4.69) is 5.32 Å². The topological polar surface area (TPSA) is 55.1 Å². The summed E-state index contributed by atoms with van der Waals surface area (Å²) in [7, 11) is 0. The first-order valence-electron chi connectivity index (χ1n) is 5.94. The number of nitrogens with one attached hydrogen (secondary N) is 1. The summed E-state index contributed by atoms with van der Waals surface area (Å²) in [6, 6.07) is 0. The second-order valence-corrected chi connectivity index (χ2v) is 4.20. The Balaban J connectivity index is 2.00. The van der Waals surface area contributed by atoms with Crippen LogP contribution < -0.4 is 11.1 Å². The minimum atomic E-state index is 0.170. The fourth-order valence-corrected chi connectivity index (χ4v) is 2.07. The summed E-state index contributed by atoms with van der Waals surface area (Å²) in [4.78, 5) is 11.4. The van der Waals surface area contributed by atoms with Gasteiger partial charge in [0.1, 0.15) is 0 Å². The molecule has 1 aliphatic carbocycles. The van der Waals surface area contributed by atoms with Crippen LogP contribution in [0.1, 0.15) is 38.5 Å². The third-order valence-electron chi connectivity index (χ3n) is 2.97. The summed E-state index contributed by atoms with van der Waals surface area (Å²) in [5.74, 6) is 0.971. The number of rotatable bonds is 6. The van der Waals surface area contributed by atoms with Crippen molar-refractivity contribution < 1.29 is 4.79 Å². The smallest absolute Gasteiger partial charge is 0.220 e. The Kier molecular flexibility index (Phi) is 6.09. The fraction of sp³-hybridized carbons (Fsp3) is 0.750. The van der Waals surface area contributed by atoms with Crippen LogP contribution in [-0.4, -0.2) is 19.0 Å². The van der Waals surface area contributed by atoms with Gasteiger partial charge in [0.05, 0.1) is 0 Å². The van der Waals surface area contributed by atoms with Crippen molar-refractivity contribution in [3.8, 4) is 0 Å². The van der Waals surface area contributed by atoms with E-state index in [1.807, 2.05) is 12.2 Å². The molecule has 0 aromatic rings. The quantitative estimate of drug-likeness (QED) is 0.654. The predicted octanol–water partition coefficient (Wildman–Crippen LogP) is 1.59. The second kappa shape index (κ2) is 7.46. The average molecular weight is 210 g/mol. The predicted molar refractivity (Wildman–Crippen MR) is 62.4 cm³/mol. The molecule has 0 heterocycles. The van der Waals surface area contributed by atoms with Gasteiger partial charge in [0.2, 0.25) is 5.91 Å². The van der Waals surface area contributed by atoms with Gasteiger partial charge in [-0.05, 0) is 12.3 Å². The molecule has 3 nitrogen and oxygen atoms in total. The number of nitrogens with two attached hydrogens (primary N) is 1. The molecule has 1 rings (SSSR count). The zero-order chi connectivity index (χ0) is 10.9. The van der Waals surface area contributed by atoms with E-state index < -0.39 is 0 Å². The van der Waals surface area contributed by atoms with E-state index in [1.165, 1.54) is 25.7 Å². The van der Waals surface area contributed by atoms with E-state index in [-0.39, 0.29) is 5.91 Å². The highest BCUT2D eigenvalue weighted by Gasteiger charge is 2.15. The van der Waals surface area contributed by atoms with Crippen molar-refractivity contribution >= 4 is 5.91 Å². The van der Waals surface area contributed by atoms with Crippen molar-refractivity contribution in [1.29, 1.82) is 0 Å². The average Bonchev–Trinajstić information content (AvgIpc) is 2.74. The second-order valence-electron chi connectivity index (χ2n) is 4.20. The van der Waals surface area contributed by atoms with Crippen LogP contribution in [0.15, 0.2) is 12.2 Å². The van der Waals surface area contributed by atoms with Crippen molar-refractivity contribution in [3.05, 3.63) is 12.2 Å². The minimum Gasteiger partial charge on any atom is -0.353 e. The molecule has 1 fully saturated rings. The van der Waals surface area contributed by atoms with Gasteiger partial charge in [-0.15, -0.1) is 0 Å². The van der Waals surface area contributed by atoms with Gasteiger partial charge >= 0.3 is 0 Å². The van der Waals surface area contributed by atoms with E-state index >= 15 is 0 Å². The Morgan fingerprint density at radius 2 is 2.07 bits per heavy atom. The molecule has 3 heteroatoms. The summed E-state index contributed by atoms with van der Waals surface area (Å²) < 4.78 is 0. The molecule has 1 amide bonds. The Bertz CT molecular complexity index is 208. The van der Waals surface area contributed by atoms with Crippen molar-refractivity contribution in [3.63, 3.8) is 0 Å². The van der Waals surface area contributed by atoms with E-state index in [0.29, 0.717) is 19.5 Å². The monoisotopic (exact) mass is 210 g/mol. The first kappa shape index (κ1) is 12.2. The molecule has 0 aromatic heterocycles. The molecule has 0 bridgehead atoms. The molecule has 0 radical (unpaired) electrons. The van der Waals surface area contributed by atoms with Crippen LogP contribution in [0.5, 0.6) is 0 Å². The van der Waals surface area contributed by atoms with Gasteiger partial charge in [-0.2, -0.15) is 0 Å². The number of carbonyl (C=O) groups is 1. The Morgan fingerprint density at radius 3 is 2.73 bits per heavy atom. The van der Waals surface area contributed by atoms with Crippen LogP contribution in [0.25, 0.3) is 0 Å². The molecular formula is C12H22N2O. The largest absolute Gasteiger partial charge is 0.353 e. The molecule has 0 saturated heterocycles. The van der Waals surface area contributed by atoms with Crippen LogP contribution in [0.3, 0.4) is 0 Å². The lowest BCUT2D eigenvalue weighted by atomic mass is 10.0. The maximum absolute atomic E-state index is 11.4.